The quantitative estimate of drug-likeness (QED) is 0.638. The van der Waals surface area contributed by atoms with Gasteiger partial charge in [-0.1, -0.05) is 23.7 Å². The summed E-state index contributed by atoms with van der Waals surface area (Å²) in [5.41, 5.74) is 4.23. The SMILES string of the molecule is Cc1ccc(-c2nnc3cc(Cl)nc(C)n23)cc1C. The molecule has 1 aromatic carbocycles. The maximum absolute atomic E-state index is 5.93. The Morgan fingerprint density at radius 3 is 2.53 bits per heavy atom. The molecule has 0 radical (unpaired) electrons. The average molecular weight is 273 g/mol. The highest BCUT2D eigenvalue weighted by molar-refractivity contribution is 6.29. The summed E-state index contributed by atoms with van der Waals surface area (Å²) in [6.07, 6.45) is 0. The fourth-order valence-electron chi connectivity index (χ4n) is 2.12. The number of fused-ring (bicyclic) bond motifs is 1. The number of aromatic nitrogens is 4. The van der Waals surface area contributed by atoms with Gasteiger partial charge in [-0.05, 0) is 38.0 Å². The zero-order valence-corrected chi connectivity index (χ0v) is 11.7. The van der Waals surface area contributed by atoms with Gasteiger partial charge in [0, 0.05) is 11.6 Å². The minimum atomic E-state index is 0.434. The van der Waals surface area contributed by atoms with Crippen molar-refractivity contribution in [3.05, 3.63) is 46.4 Å². The summed E-state index contributed by atoms with van der Waals surface area (Å²) in [5.74, 6) is 1.57. The normalized spacial score (nSPS) is 11.2. The van der Waals surface area contributed by atoms with Gasteiger partial charge in [0.2, 0.25) is 0 Å². The summed E-state index contributed by atoms with van der Waals surface area (Å²) in [5, 5.41) is 8.84. The molecule has 19 heavy (non-hydrogen) atoms. The molecule has 0 saturated heterocycles. The van der Waals surface area contributed by atoms with Crippen molar-refractivity contribution in [1.29, 1.82) is 0 Å². The molecule has 0 unspecified atom stereocenters. The number of hydrogen-bond donors (Lipinski definition) is 0. The maximum atomic E-state index is 5.93. The summed E-state index contributed by atoms with van der Waals surface area (Å²) < 4.78 is 1.91. The van der Waals surface area contributed by atoms with Crippen LogP contribution in [0.5, 0.6) is 0 Å². The first-order chi connectivity index (χ1) is 9.06. The number of hydrogen-bond acceptors (Lipinski definition) is 3. The Kier molecular flexibility index (Phi) is 2.75. The molecule has 3 aromatic rings. The predicted molar refractivity (Wildman–Crippen MR) is 75.4 cm³/mol. The monoisotopic (exact) mass is 272 g/mol. The Morgan fingerprint density at radius 2 is 1.79 bits per heavy atom. The Bertz CT molecular complexity index is 776. The van der Waals surface area contributed by atoms with E-state index in [1.165, 1.54) is 11.1 Å². The molecule has 0 spiro atoms. The third-order valence-corrected chi connectivity index (χ3v) is 3.49. The zero-order valence-electron chi connectivity index (χ0n) is 11.0. The molecular formula is C14H13ClN4. The molecule has 0 atom stereocenters. The fraction of sp³-hybridized carbons (Fsp3) is 0.214. The van der Waals surface area contributed by atoms with Gasteiger partial charge in [-0.25, -0.2) is 4.98 Å². The van der Waals surface area contributed by atoms with Gasteiger partial charge in [0.05, 0.1) is 0 Å². The van der Waals surface area contributed by atoms with Crippen molar-refractivity contribution in [3.63, 3.8) is 0 Å². The van der Waals surface area contributed by atoms with E-state index in [9.17, 15) is 0 Å². The standard InChI is InChI=1S/C14H13ClN4/c1-8-4-5-11(6-9(8)2)14-18-17-13-7-12(15)16-10(3)19(13)14/h4-7H,1-3H3. The molecule has 0 fully saturated rings. The highest BCUT2D eigenvalue weighted by atomic mass is 35.5. The molecule has 0 amide bonds. The number of benzene rings is 1. The zero-order chi connectivity index (χ0) is 13.6. The molecule has 0 aliphatic rings. The van der Waals surface area contributed by atoms with E-state index in [2.05, 4.69) is 41.2 Å². The first-order valence-electron chi connectivity index (χ1n) is 6.02. The van der Waals surface area contributed by atoms with Crippen molar-refractivity contribution < 1.29 is 0 Å². The summed E-state index contributed by atoms with van der Waals surface area (Å²) in [6, 6.07) is 7.96. The Labute approximate surface area is 116 Å². The minimum absolute atomic E-state index is 0.434. The van der Waals surface area contributed by atoms with Crippen LogP contribution < -0.4 is 0 Å². The number of halogens is 1. The van der Waals surface area contributed by atoms with E-state index in [0.717, 1.165) is 17.2 Å². The Hall–Kier alpha value is -1.94. The van der Waals surface area contributed by atoms with Gasteiger partial charge < -0.3 is 0 Å². The first kappa shape index (κ1) is 12.1. The summed E-state index contributed by atoms with van der Waals surface area (Å²) in [7, 11) is 0. The smallest absolute Gasteiger partial charge is 0.169 e. The van der Waals surface area contributed by atoms with Crippen molar-refractivity contribution in [1.82, 2.24) is 19.6 Å². The third-order valence-electron chi connectivity index (χ3n) is 3.29. The van der Waals surface area contributed by atoms with E-state index >= 15 is 0 Å². The van der Waals surface area contributed by atoms with E-state index in [-0.39, 0.29) is 0 Å². The molecule has 5 heteroatoms. The largest absolute Gasteiger partial charge is 0.263 e. The number of aryl methyl sites for hydroxylation is 3. The molecule has 96 valence electrons. The second kappa shape index (κ2) is 4.31. The van der Waals surface area contributed by atoms with Crippen LogP contribution in [0.25, 0.3) is 17.0 Å². The average Bonchev–Trinajstić information content (AvgIpc) is 2.76. The minimum Gasteiger partial charge on any atom is -0.263 e. The highest BCUT2D eigenvalue weighted by Gasteiger charge is 2.12. The van der Waals surface area contributed by atoms with E-state index in [4.69, 9.17) is 11.6 Å². The van der Waals surface area contributed by atoms with E-state index in [1.807, 2.05) is 17.4 Å². The van der Waals surface area contributed by atoms with Crippen LogP contribution in [0.2, 0.25) is 5.15 Å². The lowest BCUT2D eigenvalue weighted by Crippen LogP contribution is -1.98. The molecule has 0 aliphatic heterocycles. The number of nitrogens with zero attached hydrogens (tertiary/aromatic N) is 4. The van der Waals surface area contributed by atoms with Gasteiger partial charge in [0.15, 0.2) is 11.5 Å². The van der Waals surface area contributed by atoms with Crippen LogP contribution in [0.4, 0.5) is 0 Å². The van der Waals surface area contributed by atoms with Crippen molar-refractivity contribution >= 4 is 17.2 Å². The first-order valence-corrected chi connectivity index (χ1v) is 6.40. The second-order valence-electron chi connectivity index (χ2n) is 4.64. The van der Waals surface area contributed by atoms with Gasteiger partial charge in [0.1, 0.15) is 11.0 Å². The van der Waals surface area contributed by atoms with Crippen LogP contribution >= 0.6 is 11.6 Å². The summed E-state index contributed by atoms with van der Waals surface area (Å²) >= 11 is 5.93. The van der Waals surface area contributed by atoms with Gasteiger partial charge in [-0.15, -0.1) is 10.2 Å². The van der Waals surface area contributed by atoms with Crippen molar-refractivity contribution in [3.8, 4) is 11.4 Å². The van der Waals surface area contributed by atoms with Crippen molar-refractivity contribution in [2.24, 2.45) is 0 Å². The maximum Gasteiger partial charge on any atom is 0.169 e. The highest BCUT2D eigenvalue weighted by Crippen LogP contribution is 2.23. The van der Waals surface area contributed by atoms with E-state index < -0.39 is 0 Å². The Morgan fingerprint density at radius 1 is 1.00 bits per heavy atom. The molecule has 0 N–H and O–H groups in total. The van der Waals surface area contributed by atoms with Crippen LogP contribution in [0.15, 0.2) is 24.3 Å². The topological polar surface area (TPSA) is 43.1 Å². The van der Waals surface area contributed by atoms with Crippen LogP contribution in [-0.2, 0) is 0 Å². The van der Waals surface area contributed by atoms with E-state index in [0.29, 0.717) is 10.8 Å². The van der Waals surface area contributed by atoms with Crippen LogP contribution in [0.1, 0.15) is 17.0 Å². The molecule has 3 rings (SSSR count). The molecule has 2 aromatic heterocycles. The van der Waals surface area contributed by atoms with Gasteiger partial charge in [-0.2, -0.15) is 0 Å². The molecule has 2 heterocycles. The van der Waals surface area contributed by atoms with Gasteiger partial charge >= 0.3 is 0 Å². The molecule has 0 saturated carbocycles. The molecule has 0 bridgehead atoms. The van der Waals surface area contributed by atoms with E-state index in [1.54, 1.807) is 6.07 Å². The van der Waals surface area contributed by atoms with Crippen LogP contribution in [0.3, 0.4) is 0 Å². The number of rotatable bonds is 1. The van der Waals surface area contributed by atoms with Crippen LogP contribution in [-0.4, -0.2) is 19.6 Å². The lowest BCUT2D eigenvalue weighted by molar-refractivity contribution is 0.988. The Balaban J connectivity index is 2.28. The summed E-state index contributed by atoms with van der Waals surface area (Å²) in [6.45, 7) is 6.07. The third kappa shape index (κ3) is 1.98. The van der Waals surface area contributed by atoms with Crippen molar-refractivity contribution in [2.75, 3.05) is 0 Å². The fourth-order valence-corrected chi connectivity index (χ4v) is 2.34. The second-order valence-corrected chi connectivity index (χ2v) is 5.03. The van der Waals surface area contributed by atoms with Crippen molar-refractivity contribution in [2.45, 2.75) is 20.8 Å². The van der Waals surface area contributed by atoms with Gasteiger partial charge in [-0.3, -0.25) is 4.40 Å². The molecule has 0 aliphatic carbocycles. The van der Waals surface area contributed by atoms with Gasteiger partial charge in [0.25, 0.3) is 0 Å². The molecular weight excluding hydrogens is 260 g/mol. The lowest BCUT2D eigenvalue weighted by Gasteiger charge is -2.06. The molecule has 4 nitrogen and oxygen atoms in total. The lowest BCUT2D eigenvalue weighted by atomic mass is 10.1. The summed E-state index contributed by atoms with van der Waals surface area (Å²) in [4.78, 5) is 4.25. The predicted octanol–water partition coefficient (Wildman–Crippen LogP) is 3.37. The van der Waals surface area contributed by atoms with Crippen LogP contribution in [0, 0.1) is 20.8 Å².